The van der Waals surface area contributed by atoms with E-state index in [0.717, 1.165) is 15.9 Å². The van der Waals surface area contributed by atoms with E-state index >= 15 is 0 Å². The summed E-state index contributed by atoms with van der Waals surface area (Å²) in [6, 6.07) is 8.23. The fourth-order valence-electron chi connectivity index (χ4n) is 2.13. The Morgan fingerprint density at radius 2 is 2.05 bits per heavy atom. The predicted octanol–water partition coefficient (Wildman–Crippen LogP) is 2.89. The first kappa shape index (κ1) is 14.1. The minimum atomic E-state index is 0.0950. The number of ether oxygens (including phenoxy) is 1. The monoisotopic (exact) mass is 323 g/mol. The second-order valence-corrected chi connectivity index (χ2v) is 5.08. The van der Waals surface area contributed by atoms with Crippen LogP contribution in [0.25, 0.3) is 0 Å². The Kier molecular flexibility index (Phi) is 4.61. The van der Waals surface area contributed by atoms with Gasteiger partial charge in [-0.05, 0) is 47.6 Å². The van der Waals surface area contributed by atoms with Crippen molar-refractivity contribution in [2.24, 2.45) is 7.05 Å². The summed E-state index contributed by atoms with van der Waals surface area (Å²) in [6.45, 7) is 2.67. The maximum absolute atomic E-state index is 5.47. The van der Waals surface area contributed by atoms with Crippen molar-refractivity contribution in [1.29, 1.82) is 0 Å². The molecule has 0 aliphatic heterocycles. The molecule has 2 aromatic rings. The van der Waals surface area contributed by atoms with Gasteiger partial charge in [0.05, 0.1) is 29.0 Å². The van der Waals surface area contributed by atoms with Gasteiger partial charge in [-0.1, -0.05) is 12.1 Å². The zero-order valence-electron chi connectivity index (χ0n) is 11.4. The molecule has 0 fully saturated rings. The van der Waals surface area contributed by atoms with Crippen LogP contribution in [0.15, 0.2) is 34.9 Å². The van der Waals surface area contributed by atoms with E-state index in [9.17, 15) is 0 Å². The Labute approximate surface area is 121 Å². The number of hydrogen-bond donors (Lipinski definition) is 1. The maximum atomic E-state index is 5.47. The standard InChI is InChI=1S/C14H18BrN3O/c1-4-19-11-7-5-10(6-8-11)13(16-2)14-12(15)9-17-18(14)3/h5-9,13,16H,4H2,1-3H3. The third-order valence-electron chi connectivity index (χ3n) is 3.02. The fraction of sp³-hybridized carbons (Fsp3) is 0.357. The second kappa shape index (κ2) is 6.21. The van der Waals surface area contributed by atoms with E-state index in [0.29, 0.717) is 6.61 Å². The second-order valence-electron chi connectivity index (χ2n) is 4.23. The van der Waals surface area contributed by atoms with E-state index in [4.69, 9.17) is 4.74 Å². The third-order valence-corrected chi connectivity index (χ3v) is 3.64. The average Bonchev–Trinajstić information content (AvgIpc) is 2.74. The first-order valence-electron chi connectivity index (χ1n) is 6.24. The number of aromatic nitrogens is 2. The van der Waals surface area contributed by atoms with Gasteiger partial charge in [0.15, 0.2) is 0 Å². The lowest BCUT2D eigenvalue weighted by Gasteiger charge is -2.18. The van der Waals surface area contributed by atoms with Crippen LogP contribution in [0.4, 0.5) is 0 Å². The van der Waals surface area contributed by atoms with Crippen LogP contribution in [0, 0.1) is 0 Å². The van der Waals surface area contributed by atoms with Crippen molar-refractivity contribution in [2.75, 3.05) is 13.7 Å². The predicted molar refractivity (Wildman–Crippen MR) is 79.4 cm³/mol. The highest BCUT2D eigenvalue weighted by Crippen LogP contribution is 2.28. The van der Waals surface area contributed by atoms with Gasteiger partial charge in [0, 0.05) is 7.05 Å². The molecule has 1 unspecified atom stereocenters. The van der Waals surface area contributed by atoms with Gasteiger partial charge in [0.2, 0.25) is 0 Å². The Balaban J connectivity index is 2.32. The molecule has 5 heteroatoms. The SMILES string of the molecule is CCOc1ccc(C(NC)c2c(Br)cnn2C)cc1. The molecule has 102 valence electrons. The van der Waals surface area contributed by atoms with Crippen molar-refractivity contribution in [3.8, 4) is 5.75 Å². The van der Waals surface area contributed by atoms with Crippen LogP contribution < -0.4 is 10.1 Å². The third kappa shape index (κ3) is 2.98. The Morgan fingerprint density at radius 3 is 2.53 bits per heavy atom. The Hall–Kier alpha value is -1.33. The summed E-state index contributed by atoms with van der Waals surface area (Å²) in [7, 11) is 3.89. The highest BCUT2D eigenvalue weighted by atomic mass is 79.9. The molecule has 0 aliphatic rings. The van der Waals surface area contributed by atoms with Crippen LogP contribution in [0.1, 0.15) is 24.2 Å². The molecule has 1 heterocycles. The summed E-state index contributed by atoms with van der Waals surface area (Å²) >= 11 is 3.55. The molecule has 0 saturated heterocycles. The number of rotatable bonds is 5. The zero-order valence-corrected chi connectivity index (χ0v) is 12.9. The molecule has 1 aromatic heterocycles. The van der Waals surface area contributed by atoms with Crippen molar-refractivity contribution in [3.05, 3.63) is 46.2 Å². The van der Waals surface area contributed by atoms with Crippen molar-refractivity contribution in [1.82, 2.24) is 15.1 Å². The average molecular weight is 324 g/mol. The molecule has 0 radical (unpaired) electrons. The quantitative estimate of drug-likeness (QED) is 0.919. The van der Waals surface area contributed by atoms with Gasteiger partial charge in [0.25, 0.3) is 0 Å². The summed E-state index contributed by atoms with van der Waals surface area (Å²) < 4.78 is 8.34. The highest BCUT2D eigenvalue weighted by molar-refractivity contribution is 9.10. The van der Waals surface area contributed by atoms with Crippen molar-refractivity contribution < 1.29 is 4.74 Å². The first-order chi connectivity index (χ1) is 9.17. The number of hydrogen-bond acceptors (Lipinski definition) is 3. The molecular formula is C14H18BrN3O. The summed E-state index contributed by atoms with van der Waals surface area (Å²) in [5, 5.41) is 7.58. The van der Waals surface area contributed by atoms with Crippen LogP contribution in [-0.2, 0) is 7.05 Å². The number of nitrogens with zero attached hydrogens (tertiary/aromatic N) is 2. The van der Waals surface area contributed by atoms with Crippen LogP contribution in [0.2, 0.25) is 0 Å². The van der Waals surface area contributed by atoms with Crippen LogP contribution in [0.5, 0.6) is 5.75 Å². The fourth-order valence-corrected chi connectivity index (χ4v) is 2.71. The first-order valence-corrected chi connectivity index (χ1v) is 7.04. The molecule has 4 nitrogen and oxygen atoms in total. The summed E-state index contributed by atoms with van der Waals surface area (Å²) in [5.41, 5.74) is 2.28. The lowest BCUT2D eigenvalue weighted by Crippen LogP contribution is -2.21. The number of aryl methyl sites for hydroxylation is 1. The zero-order chi connectivity index (χ0) is 13.8. The topological polar surface area (TPSA) is 39.1 Å². The maximum Gasteiger partial charge on any atom is 0.119 e. The van der Waals surface area contributed by atoms with Crippen LogP contribution in [0.3, 0.4) is 0 Å². The summed E-state index contributed by atoms with van der Waals surface area (Å²) in [4.78, 5) is 0. The molecular weight excluding hydrogens is 306 g/mol. The lowest BCUT2D eigenvalue weighted by molar-refractivity contribution is 0.340. The van der Waals surface area contributed by atoms with E-state index < -0.39 is 0 Å². The molecule has 1 atom stereocenters. The number of nitrogens with one attached hydrogen (secondary N) is 1. The van der Waals surface area contributed by atoms with Gasteiger partial charge in [-0.2, -0.15) is 5.10 Å². The molecule has 1 N–H and O–H groups in total. The Morgan fingerprint density at radius 1 is 1.37 bits per heavy atom. The van der Waals surface area contributed by atoms with E-state index in [-0.39, 0.29) is 6.04 Å². The van der Waals surface area contributed by atoms with E-state index in [1.54, 1.807) is 0 Å². The van der Waals surface area contributed by atoms with Crippen molar-refractivity contribution in [3.63, 3.8) is 0 Å². The van der Waals surface area contributed by atoms with E-state index in [2.05, 4.69) is 38.5 Å². The molecule has 19 heavy (non-hydrogen) atoms. The molecule has 1 aromatic carbocycles. The van der Waals surface area contributed by atoms with Gasteiger partial charge in [-0.15, -0.1) is 0 Å². The van der Waals surface area contributed by atoms with Gasteiger partial charge < -0.3 is 10.1 Å². The van der Waals surface area contributed by atoms with Gasteiger partial charge >= 0.3 is 0 Å². The molecule has 0 amide bonds. The van der Waals surface area contributed by atoms with Gasteiger partial charge in [-0.3, -0.25) is 4.68 Å². The number of benzene rings is 1. The van der Waals surface area contributed by atoms with E-state index in [1.807, 2.05) is 44.0 Å². The highest BCUT2D eigenvalue weighted by Gasteiger charge is 2.19. The molecule has 2 rings (SSSR count). The largest absolute Gasteiger partial charge is 0.494 e. The lowest BCUT2D eigenvalue weighted by atomic mass is 10.0. The summed E-state index contributed by atoms with van der Waals surface area (Å²) in [5.74, 6) is 0.894. The van der Waals surface area contributed by atoms with Crippen LogP contribution >= 0.6 is 15.9 Å². The Bertz CT molecular complexity index is 517. The van der Waals surface area contributed by atoms with Crippen LogP contribution in [-0.4, -0.2) is 23.4 Å². The smallest absolute Gasteiger partial charge is 0.119 e. The van der Waals surface area contributed by atoms with Gasteiger partial charge in [-0.25, -0.2) is 0 Å². The minimum absolute atomic E-state index is 0.0950. The molecule has 0 spiro atoms. The summed E-state index contributed by atoms with van der Waals surface area (Å²) in [6.07, 6.45) is 1.81. The van der Waals surface area contributed by atoms with Crippen molar-refractivity contribution in [2.45, 2.75) is 13.0 Å². The minimum Gasteiger partial charge on any atom is -0.494 e. The molecule has 0 saturated carbocycles. The van der Waals surface area contributed by atoms with Gasteiger partial charge in [0.1, 0.15) is 5.75 Å². The molecule has 0 aliphatic carbocycles. The molecule has 0 bridgehead atoms. The van der Waals surface area contributed by atoms with E-state index in [1.165, 1.54) is 5.56 Å². The number of halogens is 1. The normalized spacial score (nSPS) is 12.4. The van der Waals surface area contributed by atoms with Crippen molar-refractivity contribution >= 4 is 15.9 Å².